The van der Waals surface area contributed by atoms with E-state index in [1.165, 1.54) is 53.1 Å². The molecule has 1 aromatic rings. The third-order valence-electron chi connectivity index (χ3n) is 6.03. The van der Waals surface area contributed by atoms with Crippen LogP contribution in [0.4, 0.5) is 0 Å². The van der Waals surface area contributed by atoms with E-state index in [0.29, 0.717) is 32.5 Å². The monoisotopic (exact) mass is 422 g/mol. The SMILES string of the molecule is CN(C)S(=O)(=O)N1CCC(C(=O)NCc2ccccc2CN2CCCCC2)CC1. The van der Waals surface area contributed by atoms with Crippen molar-refractivity contribution in [3.8, 4) is 0 Å². The van der Waals surface area contributed by atoms with Gasteiger partial charge in [0, 0.05) is 46.2 Å². The summed E-state index contributed by atoms with van der Waals surface area (Å²) in [6.07, 6.45) is 4.98. The van der Waals surface area contributed by atoms with Crippen LogP contribution in [0.1, 0.15) is 43.2 Å². The summed E-state index contributed by atoms with van der Waals surface area (Å²) in [4.78, 5) is 15.2. The van der Waals surface area contributed by atoms with E-state index in [2.05, 4.69) is 28.4 Å². The molecule has 0 radical (unpaired) electrons. The van der Waals surface area contributed by atoms with Crippen molar-refractivity contribution in [3.63, 3.8) is 0 Å². The van der Waals surface area contributed by atoms with Gasteiger partial charge in [-0.3, -0.25) is 9.69 Å². The number of benzene rings is 1. The molecule has 7 nitrogen and oxygen atoms in total. The van der Waals surface area contributed by atoms with Gasteiger partial charge in [-0.1, -0.05) is 30.7 Å². The topological polar surface area (TPSA) is 73.0 Å². The molecule has 0 spiro atoms. The number of carbonyl (C=O) groups is 1. The van der Waals surface area contributed by atoms with Gasteiger partial charge in [0.1, 0.15) is 0 Å². The summed E-state index contributed by atoms with van der Waals surface area (Å²) in [5, 5.41) is 3.09. The van der Waals surface area contributed by atoms with Gasteiger partial charge < -0.3 is 5.32 Å². The van der Waals surface area contributed by atoms with E-state index < -0.39 is 10.2 Å². The highest BCUT2D eigenvalue weighted by atomic mass is 32.2. The van der Waals surface area contributed by atoms with Crippen LogP contribution in [-0.4, -0.2) is 68.1 Å². The van der Waals surface area contributed by atoms with Crippen LogP contribution in [0.5, 0.6) is 0 Å². The maximum Gasteiger partial charge on any atom is 0.281 e. The van der Waals surface area contributed by atoms with Crippen LogP contribution >= 0.6 is 0 Å². The quantitative estimate of drug-likeness (QED) is 0.727. The van der Waals surface area contributed by atoms with E-state index in [0.717, 1.165) is 19.6 Å². The summed E-state index contributed by atoms with van der Waals surface area (Å²) in [5.41, 5.74) is 2.45. The fourth-order valence-electron chi connectivity index (χ4n) is 4.15. The van der Waals surface area contributed by atoms with Crippen molar-refractivity contribution < 1.29 is 13.2 Å². The molecule has 0 aromatic heterocycles. The molecular formula is C21H34N4O3S. The fraction of sp³-hybridized carbons (Fsp3) is 0.667. The molecule has 8 heteroatoms. The lowest BCUT2D eigenvalue weighted by Gasteiger charge is -2.32. The van der Waals surface area contributed by atoms with Gasteiger partial charge in [0.2, 0.25) is 5.91 Å². The second kappa shape index (κ2) is 10.0. The lowest BCUT2D eigenvalue weighted by Crippen LogP contribution is -2.46. The number of likely N-dealkylation sites (tertiary alicyclic amines) is 1. The predicted octanol–water partition coefficient (Wildman–Crippen LogP) is 1.81. The highest BCUT2D eigenvalue weighted by Gasteiger charge is 2.32. The zero-order valence-electron chi connectivity index (χ0n) is 17.6. The Labute approximate surface area is 175 Å². The average Bonchev–Trinajstić information content (AvgIpc) is 2.73. The van der Waals surface area contributed by atoms with Crippen molar-refractivity contribution >= 4 is 16.1 Å². The molecule has 162 valence electrons. The first-order chi connectivity index (χ1) is 13.9. The number of nitrogens with one attached hydrogen (secondary N) is 1. The molecule has 2 saturated heterocycles. The maximum absolute atomic E-state index is 12.7. The van der Waals surface area contributed by atoms with E-state index in [4.69, 9.17) is 0 Å². The summed E-state index contributed by atoms with van der Waals surface area (Å²) in [5.74, 6) is -0.0995. The summed E-state index contributed by atoms with van der Waals surface area (Å²) in [6.45, 7) is 4.55. The van der Waals surface area contributed by atoms with Gasteiger partial charge in [-0.15, -0.1) is 0 Å². The molecule has 1 amide bonds. The number of nitrogens with zero attached hydrogens (tertiary/aromatic N) is 3. The zero-order chi connectivity index (χ0) is 20.9. The van der Waals surface area contributed by atoms with Crippen molar-refractivity contribution in [3.05, 3.63) is 35.4 Å². The molecule has 0 saturated carbocycles. The standard InChI is InChI=1S/C21H34N4O3S/c1-23(2)29(27,28)25-14-10-18(11-15-25)21(26)22-16-19-8-4-5-9-20(19)17-24-12-6-3-7-13-24/h4-5,8-9,18H,3,6-7,10-17H2,1-2H3,(H,22,26). The largest absolute Gasteiger partial charge is 0.352 e. The fourth-order valence-corrected chi connectivity index (χ4v) is 5.28. The van der Waals surface area contributed by atoms with Crippen LogP contribution in [0.25, 0.3) is 0 Å². The Morgan fingerprint density at radius 3 is 2.28 bits per heavy atom. The number of hydrogen-bond acceptors (Lipinski definition) is 4. The number of rotatable bonds is 7. The van der Waals surface area contributed by atoms with E-state index >= 15 is 0 Å². The minimum absolute atomic E-state index is 0.0275. The lowest BCUT2D eigenvalue weighted by molar-refractivity contribution is -0.126. The number of piperidine rings is 2. The van der Waals surface area contributed by atoms with Crippen molar-refractivity contribution in [2.75, 3.05) is 40.3 Å². The summed E-state index contributed by atoms with van der Waals surface area (Å²) in [6, 6.07) is 8.32. The van der Waals surface area contributed by atoms with Crippen molar-refractivity contribution in [2.24, 2.45) is 5.92 Å². The van der Waals surface area contributed by atoms with E-state index in [-0.39, 0.29) is 11.8 Å². The van der Waals surface area contributed by atoms with Gasteiger partial charge in [-0.05, 0) is 49.9 Å². The van der Waals surface area contributed by atoms with E-state index in [1.807, 2.05) is 6.07 Å². The van der Waals surface area contributed by atoms with Gasteiger partial charge in [-0.25, -0.2) is 0 Å². The minimum atomic E-state index is -3.39. The normalized spacial score (nSPS) is 20.1. The molecule has 0 atom stereocenters. The predicted molar refractivity (Wildman–Crippen MR) is 114 cm³/mol. The number of hydrogen-bond donors (Lipinski definition) is 1. The summed E-state index contributed by atoms with van der Waals surface area (Å²) < 4.78 is 27.1. The second-order valence-electron chi connectivity index (χ2n) is 8.29. The Hall–Kier alpha value is -1.48. The van der Waals surface area contributed by atoms with Crippen molar-refractivity contribution in [1.82, 2.24) is 18.8 Å². The van der Waals surface area contributed by atoms with E-state index in [9.17, 15) is 13.2 Å². The van der Waals surface area contributed by atoms with Crippen LogP contribution in [0.2, 0.25) is 0 Å². The van der Waals surface area contributed by atoms with Crippen LogP contribution < -0.4 is 5.32 Å². The van der Waals surface area contributed by atoms with Crippen LogP contribution in [0.3, 0.4) is 0 Å². The third-order valence-corrected chi connectivity index (χ3v) is 7.97. The second-order valence-corrected chi connectivity index (χ2v) is 10.4. The smallest absolute Gasteiger partial charge is 0.281 e. The highest BCUT2D eigenvalue weighted by molar-refractivity contribution is 7.86. The Bertz CT molecular complexity index is 783. The molecule has 29 heavy (non-hydrogen) atoms. The Kier molecular flexibility index (Phi) is 7.67. The van der Waals surface area contributed by atoms with Crippen molar-refractivity contribution in [1.29, 1.82) is 0 Å². The maximum atomic E-state index is 12.7. The zero-order valence-corrected chi connectivity index (χ0v) is 18.5. The van der Waals surface area contributed by atoms with Crippen LogP contribution in [-0.2, 0) is 28.1 Å². The Morgan fingerprint density at radius 2 is 1.66 bits per heavy atom. The molecule has 2 fully saturated rings. The molecule has 0 unspecified atom stereocenters. The van der Waals surface area contributed by atoms with Gasteiger partial charge in [0.15, 0.2) is 0 Å². The van der Waals surface area contributed by atoms with Gasteiger partial charge in [0.05, 0.1) is 0 Å². The molecule has 0 bridgehead atoms. The Balaban J connectivity index is 1.51. The first-order valence-electron chi connectivity index (χ1n) is 10.6. The molecule has 3 rings (SSSR count). The average molecular weight is 423 g/mol. The van der Waals surface area contributed by atoms with Gasteiger partial charge in [-0.2, -0.15) is 17.0 Å². The molecule has 2 aliphatic heterocycles. The highest BCUT2D eigenvalue weighted by Crippen LogP contribution is 2.21. The van der Waals surface area contributed by atoms with Crippen LogP contribution in [0.15, 0.2) is 24.3 Å². The first kappa shape index (κ1) is 22.2. The van der Waals surface area contributed by atoms with Gasteiger partial charge in [0.25, 0.3) is 10.2 Å². The van der Waals surface area contributed by atoms with Crippen LogP contribution in [0, 0.1) is 5.92 Å². The summed E-state index contributed by atoms with van der Waals surface area (Å²) >= 11 is 0. The minimum Gasteiger partial charge on any atom is -0.352 e. The first-order valence-corrected chi connectivity index (χ1v) is 12.0. The number of amides is 1. The molecule has 1 N–H and O–H groups in total. The number of carbonyl (C=O) groups excluding carboxylic acids is 1. The molecule has 2 aliphatic rings. The van der Waals surface area contributed by atoms with E-state index in [1.54, 1.807) is 0 Å². The van der Waals surface area contributed by atoms with Crippen molar-refractivity contribution in [2.45, 2.75) is 45.2 Å². The lowest BCUT2D eigenvalue weighted by atomic mass is 9.97. The molecular weight excluding hydrogens is 388 g/mol. The third kappa shape index (κ3) is 5.78. The molecule has 0 aliphatic carbocycles. The van der Waals surface area contributed by atoms with Gasteiger partial charge >= 0.3 is 0 Å². The molecule has 2 heterocycles. The molecule has 1 aromatic carbocycles. The Morgan fingerprint density at radius 1 is 1.03 bits per heavy atom. The summed E-state index contributed by atoms with van der Waals surface area (Å²) in [7, 11) is -0.320.